The van der Waals surface area contributed by atoms with Gasteiger partial charge in [0.2, 0.25) is 0 Å². The number of aryl methyl sites for hydroxylation is 2. The lowest BCUT2D eigenvalue weighted by molar-refractivity contribution is -0.146. The molecule has 1 saturated heterocycles. The van der Waals surface area contributed by atoms with E-state index in [9.17, 15) is 18.0 Å². The number of anilines is 1. The van der Waals surface area contributed by atoms with Gasteiger partial charge in [0.15, 0.2) is 11.5 Å². The van der Waals surface area contributed by atoms with Gasteiger partial charge in [0.1, 0.15) is 0 Å². The number of carbonyl (C=O) groups is 1. The molecule has 0 aromatic carbocycles. The molecule has 4 rings (SSSR count). The molecule has 4 heterocycles. The minimum absolute atomic E-state index is 0.0165. The topological polar surface area (TPSA) is 66.6 Å². The van der Waals surface area contributed by atoms with Crippen LogP contribution in [0.15, 0.2) is 12.1 Å². The number of rotatable bonds is 2. The molecule has 1 aliphatic heterocycles. The first-order chi connectivity index (χ1) is 13.7. The summed E-state index contributed by atoms with van der Waals surface area (Å²) in [6, 6.07) is 3.74. The number of amides is 1. The van der Waals surface area contributed by atoms with Crippen LogP contribution in [0.25, 0.3) is 5.65 Å². The normalized spacial score (nSPS) is 15.4. The van der Waals surface area contributed by atoms with Gasteiger partial charge in [-0.15, -0.1) is 26.6 Å². The Bertz CT molecular complexity index is 1080. The predicted molar refractivity (Wildman–Crippen MR) is 102 cm³/mol. The van der Waals surface area contributed by atoms with Crippen molar-refractivity contribution in [2.75, 3.05) is 31.1 Å². The van der Waals surface area contributed by atoms with Crippen LogP contribution in [0, 0.1) is 20.8 Å². The van der Waals surface area contributed by atoms with Crippen LogP contribution in [0.3, 0.4) is 0 Å². The molecular formula is C18H19F3N6OS. The van der Waals surface area contributed by atoms with Crippen molar-refractivity contribution in [1.82, 2.24) is 24.7 Å². The first-order valence-corrected chi connectivity index (χ1v) is 9.89. The number of halogens is 3. The molecule has 0 aliphatic carbocycles. The minimum Gasteiger partial charge on any atom is -0.351 e. The highest BCUT2D eigenvalue weighted by atomic mass is 32.1. The zero-order valence-corrected chi connectivity index (χ0v) is 16.9. The second-order valence-corrected chi connectivity index (χ2v) is 8.31. The summed E-state index contributed by atoms with van der Waals surface area (Å²) in [7, 11) is 0. The highest BCUT2D eigenvalue weighted by molar-refractivity contribution is 7.13. The number of fused-ring (bicyclic) bond motifs is 1. The quantitative estimate of drug-likeness (QED) is 0.633. The number of aromatic nitrogens is 4. The van der Waals surface area contributed by atoms with Crippen molar-refractivity contribution in [3.05, 3.63) is 38.8 Å². The Labute approximate surface area is 168 Å². The maximum absolute atomic E-state index is 13.2. The van der Waals surface area contributed by atoms with Crippen LogP contribution in [0.4, 0.5) is 19.0 Å². The largest absolute Gasteiger partial charge is 0.453 e. The summed E-state index contributed by atoms with van der Waals surface area (Å²) in [6.45, 7) is 7.39. The van der Waals surface area contributed by atoms with E-state index >= 15 is 0 Å². The van der Waals surface area contributed by atoms with Crippen LogP contribution < -0.4 is 4.90 Å². The zero-order chi connectivity index (χ0) is 20.9. The number of carbonyl (C=O) groups excluding carboxylic acids is 1. The molecule has 1 aliphatic rings. The Morgan fingerprint density at radius 2 is 1.72 bits per heavy atom. The predicted octanol–water partition coefficient (Wildman–Crippen LogP) is 3.09. The van der Waals surface area contributed by atoms with Crippen LogP contribution in [-0.2, 0) is 6.18 Å². The summed E-state index contributed by atoms with van der Waals surface area (Å²) >= 11 is 1.46. The van der Waals surface area contributed by atoms with Gasteiger partial charge in [0, 0.05) is 42.2 Å². The molecule has 0 bridgehead atoms. The highest BCUT2D eigenvalue weighted by Gasteiger charge is 2.38. The molecule has 29 heavy (non-hydrogen) atoms. The average Bonchev–Trinajstić information content (AvgIpc) is 3.30. The molecule has 7 nitrogen and oxygen atoms in total. The van der Waals surface area contributed by atoms with Gasteiger partial charge in [-0.3, -0.25) is 4.79 Å². The van der Waals surface area contributed by atoms with Crippen molar-refractivity contribution in [1.29, 1.82) is 0 Å². The SMILES string of the molecule is Cc1ccc(C(=O)N2CCN(c3nn4c(C(F)(F)F)nnc4c(C)c3C)CC2)s1. The van der Waals surface area contributed by atoms with Gasteiger partial charge >= 0.3 is 6.18 Å². The number of alkyl halides is 3. The molecule has 3 aromatic rings. The summed E-state index contributed by atoms with van der Waals surface area (Å²) in [6.07, 6.45) is -4.64. The lowest BCUT2D eigenvalue weighted by Gasteiger charge is -2.36. The summed E-state index contributed by atoms with van der Waals surface area (Å²) in [5.74, 6) is -0.699. The fraction of sp³-hybridized carbons (Fsp3) is 0.444. The third-order valence-electron chi connectivity index (χ3n) is 5.14. The average molecular weight is 424 g/mol. The lowest BCUT2D eigenvalue weighted by atomic mass is 10.1. The molecule has 3 aromatic heterocycles. The second-order valence-electron chi connectivity index (χ2n) is 7.02. The Kier molecular flexibility index (Phi) is 4.72. The van der Waals surface area contributed by atoms with E-state index < -0.39 is 12.0 Å². The molecule has 1 fully saturated rings. The maximum Gasteiger partial charge on any atom is 0.453 e. The van der Waals surface area contributed by atoms with Crippen molar-refractivity contribution < 1.29 is 18.0 Å². The van der Waals surface area contributed by atoms with E-state index in [1.807, 2.05) is 30.9 Å². The van der Waals surface area contributed by atoms with Crippen molar-refractivity contribution in [3.63, 3.8) is 0 Å². The molecule has 154 valence electrons. The minimum atomic E-state index is -4.64. The third kappa shape index (κ3) is 3.43. The molecule has 0 atom stereocenters. The molecular weight excluding hydrogens is 405 g/mol. The van der Waals surface area contributed by atoms with Gasteiger partial charge in [0.05, 0.1) is 4.88 Å². The van der Waals surface area contributed by atoms with E-state index in [0.29, 0.717) is 42.4 Å². The molecule has 0 saturated carbocycles. The second kappa shape index (κ2) is 6.97. The summed E-state index contributed by atoms with van der Waals surface area (Å²) < 4.78 is 40.5. The Morgan fingerprint density at radius 3 is 2.31 bits per heavy atom. The number of piperazine rings is 1. The Morgan fingerprint density at radius 1 is 1.03 bits per heavy atom. The van der Waals surface area contributed by atoms with Gasteiger partial charge in [-0.25, -0.2) is 0 Å². The number of nitrogens with zero attached hydrogens (tertiary/aromatic N) is 6. The molecule has 0 spiro atoms. The summed E-state index contributed by atoms with van der Waals surface area (Å²) in [5, 5.41) is 11.2. The molecule has 0 unspecified atom stereocenters. The van der Waals surface area contributed by atoms with E-state index in [4.69, 9.17) is 0 Å². The fourth-order valence-electron chi connectivity index (χ4n) is 3.42. The van der Waals surface area contributed by atoms with Gasteiger partial charge in [-0.1, -0.05) is 0 Å². The van der Waals surface area contributed by atoms with E-state index in [-0.39, 0.29) is 11.6 Å². The first-order valence-electron chi connectivity index (χ1n) is 9.07. The van der Waals surface area contributed by atoms with E-state index in [1.54, 1.807) is 11.8 Å². The van der Waals surface area contributed by atoms with Crippen molar-refractivity contribution in [3.8, 4) is 0 Å². The van der Waals surface area contributed by atoms with Gasteiger partial charge < -0.3 is 9.80 Å². The maximum atomic E-state index is 13.2. The third-order valence-corrected chi connectivity index (χ3v) is 6.13. The van der Waals surface area contributed by atoms with Gasteiger partial charge in [0.25, 0.3) is 11.7 Å². The van der Waals surface area contributed by atoms with Crippen LogP contribution in [-0.4, -0.2) is 56.8 Å². The van der Waals surface area contributed by atoms with E-state index in [0.717, 1.165) is 15.0 Å². The van der Waals surface area contributed by atoms with Crippen LogP contribution >= 0.6 is 11.3 Å². The van der Waals surface area contributed by atoms with E-state index in [2.05, 4.69) is 15.3 Å². The molecule has 1 amide bonds. The zero-order valence-electron chi connectivity index (χ0n) is 16.1. The van der Waals surface area contributed by atoms with Crippen LogP contribution in [0.5, 0.6) is 0 Å². The van der Waals surface area contributed by atoms with Crippen LogP contribution in [0.2, 0.25) is 0 Å². The molecule has 0 N–H and O–H groups in total. The molecule has 0 radical (unpaired) electrons. The monoisotopic (exact) mass is 424 g/mol. The Balaban J connectivity index is 1.59. The van der Waals surface area contributed by atoms with Crippen molar-refractivity contribution in [2.45, 2.75) is 26.9 Å². The smallest absolute Gasteiger partial charge is 0.351 e. The van der Waals surface area contributed by atoms with Crippen molar-refractivity contribution >= 4 is 28.7 Å². The first kappa shape index (κ1) is 19.6. The van der Waals surface area contributed by atoms with Crippen molar-refractivity contribution in [2.24, 2.45) is 0 Å². The summed E-state index contributed by atoms with van der Waals surface area (Å²) in [4.78, 5) is 18.1. The fourth-order valence-corrected chi connectivity index (χ4v) is 4.25. The van der Waals surface area contributed by atoms with Gasteiger partial charge in [-0.2, -0.15) is 17.7 Å². The standard InChI is InChI=1S/C18H19F3N6OS/c1-10-4-5-13(29-10)16(28)26-8-6-25(7-9-26)15-12(3)11(2)14-22-23-17(18(19,20)21)27(14)24-15/h4-5H,6-9H2,1-3H3. The van der Waals surface area contributed by atoms with Crippen LogP contribution in [0.1, 0.15) is 31.5 Å². The lowest BCUT2D eigenvalue weighted by Crippen LogP contribution is -2.49. The molecule has 11 heteroatoms. The van der Waals surface area contributed by atoms with E-state index in [1.165, 1.54) is 11.3 Å². The Hall–Kier alpha value is -2.69. The number of hydrogen-bond donors (Lipinski definition) is 0. The van der Waals surface area contributed by atoms with Gasteiger partial charge in [-0.05, 0) is 32.9 Å². The summed E-state index contributed by atoms with van der Waals surface area (Å²) in [5.41, 5.74) is 1.46. The number of hydrogen-bond acceptors (Lipinski definition) is 6. The number of thiophene rings is 1. The highest BCUT2D eigenvalue weighted by Crippen LogP contribution is 2.31.